The summed E-state index contributed by atoms with van der Waals surface area (Å²) in [7, 11) is 0. The lowest BCUT2D eigenvalue weighted by Crippen LogP contribution is -2.26. The normalized spacial score (nSPS) is 24.9. The molecule has 27 heavy (non-hydrogen) atoms. The fraction of sp³-hybridized carbons (Fsp3) is 0.471. The molecule has 0 amide bonds. The molecule has 1 aromatic carbocycles. The Kier molecular flexibility index (Phi) is 5.10. The average Bonchev–Trinajstić information content (AvgIpc) is 3.02. The van der Waals surface area contributed by atoms with Gasteiger partial charge < -0.3 is 5.11 Å². The van der Waals surface area contributed by atoms with E-state index in [-0.39, 0.29) is 0 Å². The minimum Gasteiger partial charge on any atom is -0.481 e. The van der Waals surface area contributed by atoms with E-state index in [2.05, 4.69) is 0 Å². The fourth-order valence-corrected chi connectivity index (χ4v) is 3.66. The van der Waals surface area contributed by atoms with Gasteiger partial charge in [-0.25, -0.2) is 17.6 Å². The van der Waals surface area contributed by atoms with Crippen LogP contribution >= 0.6 is 11.6 Å². The molecular weight excluding hydrogens is 405 g/mol. The third-order valence-electron chi connectivity index (χ3n) is 5.37. The van der Waals surface area contributed by atoms with Crippen molar-refractivity contribution >= 4 is 17.6 Å². The Balaban J connectivity index is 2.60. The van der Waals surface area contributed by atoms with Crippen molar-refractivity contribution in [2.24, 2.45) is 16.7 Å². The largest absolute Gasteiger partial charge is 0.481 e. The fourth-order valence-electron chi connectivity index (χ4n) is 3.53. The molecule has 150 valence electrons. The van der Waals surface area contributed by atoms with E-state index in [9.17, 15) is 40.6 Å². The SMILES string of the molecule is Cc1c(F)c(F)c(C[C@@]2(C(=O)O)[C@@H](/C=C(/Cl)C(F)(F)F)C2(C)C)c(F)c1F. The van der Waals surface area contributed by atoms with Crippen molar-refractivity contribution in [3.8, 4) is 0 Å². The van der Waals surface area contributed by atoms with Crippen LogP contribution in [0.15, 0.2) is 11.1 Å². The lowest BCUT2D eigenvalue weighted by atomic mass is 9.87. The molecule has 2 rings (SSSR count). The molecule has 1 N–H and O–H groups in total. The maximum absolute atomic E-state index is 14.2. The van der Waals surface area contributed by atoms with Crippen LogP contribution in [0.5, 0.6) is 0 Å². The first-order valence-electron chi connectivity index (χ1n) is 7.60. The summed E-state index contributed by atoms with van der Waals surface area (Å²) in [6.45, 7) is 3.32. The Morgan fingerprint density at radius 1 is 1.11 bits per heavy atom. The van der Waals surface area contributed by atoms with Crippen molar-refractivity contribution in [2.45, 2.75) is 33.4 Å². The summed E-state index contributed by atoms with van der Waals surface area (Å²) in [6, 6.07) is 0. The Labute approximate surface area is 154 Å². The summed E-state index contributed by atoms with van der Waals surface area (Å²) < 4.78 is 93.9. The van der Waals surface area contributed by atoms with E-state index < -0.39 is 74.7 Å². The van der Waals surface area contributed by atoms with Crippen molar-refractivity contribution in [3.63, 3.8) is 0 Å². The molecule has 0 aromatic heterocycles. The molecule has 1 aliphatic rings. The minimum absolute atomic E-state index is 0.451. The van der Waals surface area contributed by atoms with Gasteiger partial charge in [-0.1, -0.05) is 31.5 Å². The molecule has 0 unspecified atom stereocenters. The van der Waals surface area contributed by atoms with Crippen molar-refractivity contribution in [3.05, 3.63) is 45.5 Å². The van der Waals surface area contributed by atoms with Gasteiger partial charge in [0.25, 0.3) is 0 Å². The summed E-state index contributed by atoms with van der Waals surface area (Å²) >= 11 is 5.16. The highest BCUT2D eigenvalue weighted by molar-refractivity contribution is 6.30. The van der Waals surface area contributed by atoms with Crippen LogP contribution in [0.2, 0.25) is 0 Å². The van der Waals surface area contributed by atoms with Crippen molar-refractivity contribution < 1.29 is 40.6 Å². The zero-order chi connectivity index (χ0) is 21.1. The summed E-state index contributed by atoms with van der Waals surface area (Å²) in [5, 5.41) is 7.98. The molecule has 10 heteroatoms. The van der Waals surface area contributed by atoms with E-state index in [1.165, 1.54) is 13.8 Å². The second kappa shape index (κ2) is 6.39. The first kappa shape index (κ1) is 21.5. The lowest BCUT2D eigenvalue weighted by Gasteiger charge is -2.18. The Hall–Kier alpha value is -1.77. The molecule has 0 heterocycles. The number of carbonyl (C=O) groups is 1. The van der Waals surface area contributed by atoms with Gasteiger partial charge in [0.15, 0.2) is 23.3 Å². The standard InChI is InChI=1S/C17H14ClF7O2/c1-6-10(19)12(21)7(13(22)11(6)20)5-16(14(26)27)8(15(16,2)3)4-9(18)17(23,24)25/h4,8H,5H2,1-3H3,(H,26,27)/b9-4+/t8-,16-/m0/s1. The average molecular weight is 419 g/mol. The van der Waals surface area contributed by atoms with Crippen molar-refractivity contribution in [2.75, 3.05) is 0 Å². The number of carboxylic acid groups (broad SMARTS) is 1. The second-order valence-electron chi connectivity index (χ2n) is 7.02. The quantitative estimate of drug-likeness (QED) is 0.517. The number of carboxylic acids is 1. The Morgan fingerprint density at radius 3 is 1.93 bits per heavy atom. The van der Waals surface area contributed by atoms with Gasteiger partial charge >= 0.3 is 12.1 Å². The third kappa shape index (κ3) is 3.09. The summed E-state index contributed by atoms with van der Waals surface area (Å²) in [6.07, 6.45) is -5.54. The van der Waals surface area contributed by atoms with E-state index in [0.29, 0.717) is 6.08 Å². The monoisotopic (exact) mass is 418 g/mol. The number of allylic oxidation sites excluding steroid dienone is 2. The van der Waals surface area contributed by atoms with Crippen LogP contribution in [0.25, 0.3) is 0 Å². The molecular formula is C17H14ClF7O2. The van der Waals surface area contributed by atoms with Crippen molar-refractivity contribution in [1.82, 2.24) is 0 Å². The zero-order valence-corrected chi connectivity index (χ0v) is 15.0. The summed E-state index contributed by atoms with van der Waals surface area (Å²) in [5.74, 6) is -9.98. The van der Waals surface area contributed by atoms with Crippen LogP contribution < -0.4 is 0 Å². The topological polar surface area (TPSA) is 37.3 Å². The summed E-state index contributed by atoms with van der Waals surface area (Å²) in [4.78, 5) is 11.8. The van der Waals surface area contributed by atoms with E-state index in [1.807, 2.05) is 0 Å². The first-order chi connectivity index (χ1) is 12.1. The van der Waals surface area contributed by atoms with Crippen LogP contribution in [0.4, 0.5) is 30.7 Å². The smallest absolute Gasteiger partial charge is 0.426 e. The van der Waals surface area contributed by atoms with Gasteiger partial charge in [0.2, 0.25) is 0 Å². The van der Waals surface area contributed by atoms with E-state index in [1.54, 1.807) is 0 Å². The number of rotatable bonds is 4. The molecule has 0 bridgehead atoms. The highest BCUT2D eigenvalue weighted by Crippen LogP contribution is 2.71. The molecule has 1 aliphatic carbocycles. The van der Waals surface area contributed by atoms with Crippen LogP contribution in [0.3, 0.4) is 0 Å². The predicted octanol–water partition coefficient (Wildman–Crippen LogP) is 5.51. The first-order valence-corrected chi connectivity index (χ1v) is 7.97. The number of hydrogen-bond acceptors (Lipinski definition) is 1. The van der Waals surface area contributed by atoms with Gasteiger partial charge in [0.05, 0.1) is 5.41 Å². The van der Waals surface area contributed by atoms with Gasteiger partial charge in [-0.15, -0.1) is 0 Å². The minimum atomic E-state index is -4.94. The molecule has 1 fully saturated rings. The second-order valence-corrected chi connectivity index (χ2v) is 7.43. The van der Waals surface area contributed by atoms with E-state index in [4.69, 9.17) is 11.6 Å². The highest BCUT2D eigenvalue weighted by atomic mass is 35.5. The van der Waals surface area contributed by atoms with Crippen molar-refractivity contribution in [1.29, 1.82) is 0 Å². The molecule has 0 aliphatic heterocycles. The molecule has 0 saturated heterocycles. The van der Waals surface area contributed by atoms with Gasteiger partial charge in [-0.05, 0) is 18.8 Å². The number of halogens is 8. The van der Waals surface area contributed by atoms with Gasteiger partial charge in [0, 0.05) is 17.0 Å². The maximum atomic E-state index is 14.2. The number of benzene rings is 1. The zero-order valence-electron chi connectivity index (χ0n) is 14.2. The van der Waals surface area contributed by atoms with Crippen LogP contribution in [0, 0.1) is 46.9 Å². The van der Waals surface area contributed by atoms with Gasteiger partial charge in [0.1, 0.15) is 5.03 Å². The third-order valence-corrected chi connectivity index (χ3v) is 5.71. The Morgan fingerprint density at radius 2 is 1.56 bits per heavy atom. The molecule has 0 radical (unpaired) electrons. The highest BCUT2D eigenvalue weighted by Gasteiger charge is 2.75. The van der Waals surface area contributed by atoms with E-state index in [0.717, 1.165) is 6.92 Å². The van der Waals surface area contributed by atoms with Gasteiger partial charge in [-0.3, -0.25) is 4.79 Å². The molecule has 1 aromatic rings. The van der Waals surface area contributed by atoms with Crippen LogP contribution in [-0.4, -0.2) is 17.3 Å². The van der Waals surface area contributed by atoms with Gasteiger partial charge in [-0.2, -0.15) is 13.2 Å². The lowest BCUT2D eigenvalue weighted by molar-refractivity contribution is -0.145. The molecule has 1 saturated carbocycles. The number of aliphatic carboxylic acids is 1. The molecule has 2 nitrogen and oxygen atoms in total. The van der Waals surface area contributed by atoms with E-state index >= 15 is 0 Å². The summed E-state index contributed by atoms with van der Waals surface area (Å²) in [5.41, 5.74) is -5.65. The molecule has 2 atom stereocenters. The predicted molar refractivity (Wildman–Crippen MR) is 82.0 cm³/mol. The number of alkyl halides is 3. The Bertz CT molecular complexity index is 816. The number of hydrogen-bond donors (Lipinski definition) is 1. The maximum Gasteiger partial charge on any atom is 0.426 e. The van der Waals surface area contributed by atoms with Crippen LogP contribution in [0.1, 0.15) is 25.0 Å². The molecule has 0 spiro atoms. The van der Waals surface area contributed by atoms with Crippen LogP contribution in [-0.2, 0) is 11.2 Å².